The fourth-order valence-electron chi connectivity index (χ4n) is 10.2. The van der Waals surface area contributed by atoms with Gasteiger partial charge in [0.05, 0.1) is 17.5 Å². The van der Waals surface area contributed by atoms with E-state index in [1.807, 2.05) is 57.5 Å². The summed E-state index contributed by atoms with van der Waals surface area (Å²) in [7, 11) is 3.47. The van der Waals surface area contributed by atoms with Crippen molar-refractivity contribution in [2.24, 2.45) is 11.3 Å². The minimum atomic E-state index is -3.34. The number of alkyl halides is 1. The molecule has 4 N–H and O–H groups in total. The summed E-state index contributed by atoms with van der Waals surface area (Å²) < 4.78 is 16.0. The number of aryl methyl sites for hydroxylation is 1. The molecule has 17 heteroatoms. The summed E-state index contributed by atoms with van der Waals surface area (Å²) >= 11 is -4.31. The van der Waals surface area contributed by atoms with Crippen LogP contribution < -0.4 is 37.3 Å². The van der Waals surface area contributed by atoms with Crippen LogP contribution in [0.1, 0.15) is 97.6 Å². The average molecular weight is 1200 g/mol. The number of nitrogens with zero attached hydrogens (tertiary/aromatic N) is 4. The van der Waals surface area contributed by atoms with Gasteiger partial charge in [-0.3, -0.25) is 4.98 Å². The number of halogens is 1. The van der Waals surface area contributed by atoms with Gasteiger partial charge in [-0.15, -0.1) is 0 Å². The molecule has 3 amide bonds. The Morgan fingerprint density at radius 3 is 2.56 bits per heavy atom. The summed E-state index contributed by atoms with van der Waals surface area (Å²) in [4.78, 5) is 77.3. The Bertz CT molecular complexity index is 2760. The first-order valence-electron chi connectivity index (χ1n) is 25.3. The molecule has 6 bridgehead atoms. The molecular weight excluding hydrogens is 1130 g/mol. The van der Waals surface area contributed by atoms with Crippen molar-refractivity contribution in [1.82, 2.24) is 35.5 Å². The van der Waals surface area contributed by atoms with Crippen LogP contribution in [-0.4, -0.2) is 133 Å². The summed E-state index contributed by atoms with van der Waals surface area (Å²) in [5, 5.41) is 20.1. The molecule has 2 fully saturated rings. The zero-order chi connectivity index (χ0) is 52.2. The van der Waals surface area contributed by atoms with Gasteiger partial charge in [0.2, 0.25) is 0 Å². The molecule has 5 heterocycles. The SMILES string of the molecule is CCn1c(-c2cccnc2[C@H](C)OC)c2c3cc(ccc31)-c1cc(O)cc(c1)C[C@H](NC(=O)[C@H](C(C)C)[In]([CH3])[C](=O)[I-][C@H]1CCN(C(=O)C#CC(C)(C)NC)C1)C(=O)N1CCC[C@H](N1)C(=O)OCC(C)(C)C2. The van der Waals surface area contributed by atoms with Gasteiger partial charge < -0.3 is 9.30 Å². The van der Waals surface area contributed by atoms with Crippen LogP contribution in [0.5, 0.6) is 5.75 Å². The maximum absolute atomic E-state index is 14.8. The Kier molecular flexibility index (Phi) is 17.9. The van der Waals surface area contributed by atoms with Gasteiger partial charge in [0.1, 0.15) is 0 Å². The molecule has 5 atom stereocenters. The van der Waals surface area contributed by atoms with E-state index in [0.29, 0.717) is 51.0 Å². The molecule has 2 aromatic carbocycles. The Balaban J connectivity index is 1.23. The number of phenolic OH excluding ortho intramolecular Hbond substituents is 1. The van der Waals surface area contributed by atoms with Crippen molar-refractivity contribution in [2.45, 2.75) is 130 Å². The van der Waals surface area contributed by atoms with Crippen LogP contribution >= 0.6 is 0 Å². The minimum Gasteiger partial charge on any atom is -0.0563 e. The first-order chi connectivity index (χ1) is 34.1. The van der Waals surface area contributed by atoms with E-state index in [1.165, 1.54) is 5.01 Å². The van der Waals surface area contributed by atoms with Gasteiger partial charge in [-0.2, -0.15) is 0 Å². The Morgan fingerprint density at radius 2 is 1.85 bits per heavy atom. The minimum absolute atomic E-state index is 0.00981. The number of hydrazine groups is 1. The number of methoxy groups -OCH3 is 1. The van der Waals surface area contributed by atoms with Crippen molar-refractivity contribution in [1.29, 1.82) is 0 Å². The number of aromatic nitrogens is 2. The zero-order valence-corrected chi connectivity index (χ0v) is 49.2. The number of aromatic hydroxyl groups is 1. The van der Waals surface area contributed by atoms with Crippen molar-refractivity contribution >= 4 is 57.6 Å². The van der Waals surface area contributed by atoms with E-state index in [1.54, 1.807) is 37.4 Å². The zero-order valence-electron chi connectivity index (χ0n) is 43.8. The Morgan fingerprint density at radius 1 is 1.08 bits per heavy atom. The standard InChI is InChI=1S/C42H52N5O6.C12H17IN2O2.CH3.In/c1-8-46-36-14-13-28-22-32(36)33(39(46)31-11-9-15-43-38(31)26(4)52-7)23-42(5,6)24-53-41(51)34-12-10-16-47(45-34)40(50)35(44-37(49)17-25(2)3)20-27-18-29(28)21-30(48)19-27;1-12(2,14-3)6-4-11(17)15-7-5-10(8-15)13-9-16;;/h9,11,13-15,17-19,21-22,25-26,34-35,45,48H,8,10,12,16,20,23-24H2,1-7H3,(H,44,49);10,14H,5,7-8H2,1-3H3;1H3;/q;-1;;/t26-,34-,35-;10-;;/m00../s1. The molecule has 72 heavy (non-hydrogen) atoms. The molecule has 0 radical (unpaired) electrons. The van der Waals surface area contributed by atoms with E-state index in [4.69, 9.17) is 14.5 Å². The molecule has 4 aromatic rings. The van der Waals surface area contributed by atoms with Crippen LogP contribution in [0.25, 0.3) is 33.3 Å². The van der Waals surface area contributed by atoms with E-state index >= 15 is 0 Å². The van der Waals surface area contributed by atoms with Gasteiger partial charge in [-0.05, 0) is 32.4 Å². The van der Waals surface area contributed by atoms with Gasteiger partial charge >= 0.3 is 343 Å². The van der Waals surface area contributed by atoms with Gasteiger partial charge in [0, 0.05) is 25.4 Å². The monoisotopic (exact) mass is 1200 g/mol. The smallest absolute Gasteiger partial charge is 0.0563 e. The Labute approximate surface area is 443 Å². The van der Waals surface area contributed by atoms with Crippen molar-refractivity contribution in [2.75, 3.05) is 40.4 Å². The number of phenols is 1. The molecule has 0 saturated carbocycles. The van der Waals surface area contributed by atoms with Crippen LogP contribution in [0, 0.1) is 23.2 Å². The molecule has 0 spiro atoms. The fourth-order valence-corrected chi connectivity index (χ4v) is 28.4. The summed E-state index contributed by atoms with van der Waals surface area (Å²) in [6.45, 7) is 18.1. The topological polar surface area (TPSA) is 184 Å². The number of ether oxygens (including phenoxy) is 2. The predicted molar refractivity (Wildman–Crippen MR) is 277 cm³/mol. The average Bonchev–Trinajstić information content (AvgIpc) is 3.95. The molecule has 15 nitrogen and oxygen atoms in total. The van der Waals surface area contributed by atoms with Crippen LogP contribution in [0.15, 0.2) is 54.7 Å². The van der Waals surface area contributed by atoms with Gasteiger partial charge in [-0.1, -0.05) is 13.8 Å². The van der Waals surface area contributed by atoms with Crippen LogP contribution in [0.3, 0.4) is 0 Å². The number of carbonyl (C=O) groups is 5. The van der Waals surface area contributed by atoms with Crippen LogP contribution in [-0.2, 0) is 48.0 Å². The second-order valence-corrected chi connectivity index (χ2v) is 36.1. The maximum atomic E-state index is 14.8. The number of amides is 3. The van der Waals surface area contributed by atoms with Crippen LogP contribution in [0.2, 0.25) is 8.35 Å². The number of nitrogens with one attached hydrogen (secondary N) is 3. The first-order valence-corrected chi connectivity index (χ1v) is 34.5. The molecule has 0 aliphatic carbocycles. The van der Waals surface area contributed by atoms with Crippen LogP contribution in [0.4, 0.5) is 4.79 Å². The summed E-state index contributed by atoms with van der Waals surface area (Å²) in [6.07, 6.45) is 3.80. The van der Waals surface area contributed by atoms with E-state index < -0.39 is 81.2 Å². The number of hydrogen-bond acceptors (Lipinski definition) is 11. The molecule has 0 unspecified atom stereocenters. The number of rotatable bonds is 12. The molecule has 7 rings (SSSR count). The van der Waals surface area contributed by atoms with Crippen molar-refractivity contribution < 1.29 is 59.8 Å². The number of hydrogen-bond donors (Lipinski definition) is 4. The van der Waals surface area contributed by atoms with Crippen molar-refractivity contribution in [3.8, 4) is 40.0 Å². The number of benzene rings is 2. The quantitative estimate of drug-likeness (QED) is 0.0529. The third-order valence-electron chi connectivity index (χ3n) is 14.4. The number of carbonyl (C=O) groups excluding carboxylic acids is 5. The molecule has 2 aromatic heterocycles. The van der Waals surface area contributed by atoms with Gasteiger partial charge in [0.25, 0.3) is 0 Å². The second kappa shape index (κ2) is 23.4. The molecule has 3 aliphatic heterocycles. The number of fused-ring (bicyclic) bond motifs is 6. The van der Waals surface area contributed by atoms with Crippen molar-refractivity contribution in [3.63, 3.8) is 0 Å². The normalized spacial score (nSPS) is 20.4. The van der Waals surface area contributed by atoms with Gasteiger partial charge in [-0.25, -0.2) is 0 Å². The second-order valence-electron chi connectivity index (χ2n) is 21.3. The van der Waals surface area contributed by atoms with E-state index in [9.17, 15) is 29.1 Å². The number of esters is 1. The van der Waals surface area contributed by atoms with E-state index in [2.05, 4.69) is 71.4 Å². The summed E-state index contributed by atoms with van der Waals surface area (Å²) in [6, 6.07) is 13.7. The fraction of sp³-hybridized carbons (Fsp3) is 0.527. The number of likely N-dealkylation sites (tertiary alicyclic amines) is 1. The molecule has 3 aliphatic rings. The summed E-state index contributed by atoms with van der Waals surface area (Å²) in [5.41, 5.74) is 9.19. The first kappa shape index (κ1) is 55.3. The number of cyclic esters (lactones) is 1. The Hall–Kier alpha value is -4.48. The van der Waals surface area contributed by atoms with Gasteiger partial charge in [0.15, 0.2) is 0 Å². The predicted octanol–water partition coefficient (Wildman–Crippen LogP) is 4.00. The van der Waals surface area contributed by atoms with E-state index in [0.717, 1.165) is 51.0 Å². The third kappa shape index (κ3) is 12.7. The molecule has 386 valence electrons. The van der Waals surface area contributed by atoms with Crippen molar-refractivity contribution in [3.05, 3.63) is 71.5 Å². The molecule has 2 saturated heterocycles. The van der Waals surface area contributed by atoms with E-state index in [-0.39, 0.29) is 48.1 Å². The number of pyridine rings is 1. The summed E-state index contributed by atoms with van der Waals surface area (Å²) in [5.74, 6) is 4.15. The molecular formula is C55H72IInN7O8-. The third-order valence-corrected chi connectivity index (χ3v) is 34.1.